The Morgan fingerprint density at radius 2 is 1.32 bits per heavy atom. The molecule has 0 atom stereocenters. The van der Waals surface area contributed by atoms with Gasteiger partial charge in [-0.15, -0.1) is 0 Å². The zero-order valence-corrected chi connectivity index (χ0v) is 20.3. The number of nitrogens with zero attached hydrogens (tertiary/aromatic N) is 1. The molecule has 0 amide bonds. The van der Waals surface area contributed by atoms with Gasteiger partial charge >= 0.3 is 14.4 Å². The molecule has 2 aromatic rings. The minimum absolute atomic E-state index is 0.257. The first-order valence-corrected chi connectivity index (χ1v) is 14.0. The Labute approximate surface area is 176 Å². The average Bonchev–Trinajstić information content (AvgIpc) is 2.65. The van der Waals surface area contributed by atoms with Crippen molar-refractivity contribution in [3.8, 4) is 0 Å². The second kappa shape index (κ2) is 9.48. The lowest BCUT2D eigenvalue weighted by molar-refractivity contribution is 0.597. The Morgan fingerprint density at radius 3 is 1.71 bits per heavy atom. The van der Waals surface area contributed by atoms with Crippen LogP contribution in [0.1, 0.15) is 70.1 Å². The van der Waals surface area contributed by atoms with Gasteiger partial charge in [0.2, 0.25) is 10.0 Å². The van der Waals surface area contributed by atoms with Gasteiger partial charge < -0.3 is 3.29 Å². The van der Waals surface area contributed by atoms with Crippen LogP contribution in [0.5, 0.6) is 0 Å². The van der Waals surface area contributed by atoms with Crippen LogP contribution in [0.25, 0.3) is 0 Å². The van der Waals surface area contributed by atoms with Gasteiger partial charge in [-0.05, 0) is 42.0 Å². The summed E-state index contributed by atoms with van der Waals surface area (Å²) in [6.07, 6.45) is 0. The van der Waals surface area contributed by atoms with Gasteiger partial charge in [0.1, 0.15) is 0 Å². The molecule has 0 aromatic heterocycles. The Morgan fingerprint density at radius 1 is 0.857 bits per heavy atom. The fourth-order valence-corrected chi connectivity index (χ4v) is 9.60. The van der Waals surface area contributed by atoms with Crippen LogP contribution in [-0.4, -0.2) is 22.8 Å². The fraction of sp³-hybridized carbons (Fsp3) is 0.478. The number of para-hydroxylation sites is 1. The molecule has 0 fully saturated rings. The molecule has 2 rings (SSSR count). The summed E-state index contributed by atoms with van der Waals surface area (Å²) in [6, 6.07) is 13.5. The lowest BCUT2D eigenvalue weighted by Crippen LogP contribution is -2.44. The summed E-state index contributed by atoms with van der Waals surface area (Å²) in [5.74, 6) is 0.514. The molecule has 28 heavy (non-hydrogen) atoms. The number of hydrogen-bond acceptors (Lipinski definition) is 2. The summed E-state index contributed by atoms with van der Waals surface area (Å²) in [6.45, 7) is 14.8. The Balaban J connectivity index is 2.84. The number of hydrogen-bond donors (Lipinski definition) is 0. The van der Waals surface area contributed by atoms with E-state index in [4.69, 9.17) is 0 Å². The van der Waals surface area contributed by atoms with E-state index < -0.39 is 24.4 Å². The first-order chi connectivity index (χ1) is 13.1. The van der Waals surface area contributed by atoms with E-state index >= 15 is 0 Å². The van der Waals surface area contributed by atoms with Crippen molar-refractivity contribution in [2.45, 2.75) is 75.8 Å². The third kappa shape index (κ3) is 4.65. The van der Waals surface area contributed by atoms with Crippen LogP contribution >= 0.6 is 0 Å². The van der Waals surface area contributed by atoms with Crippen LogP contribution in [0.2, 0.25) is 10.6 Å². The summed E-state index contributed by atoms with van der Waals surface area (Å²) < 4.78 is 29.7. The summed E-state index contributed by atoms with van der Waals surface area (Å²) in [5, 5.41) is 1.82. The average molecular weight is 416 g/mol. The topological polar surface area (TPSA) is 37.4 Å². The lowest BCUT2D eigenvalue weighted by atomic mass is 9.93. The smallest absolute Gasteiger partial charge is 0.360 e. The van der Waals surface area contributed by atoms with E-state index in [0.717, 1.165) is 32.9 Å². The van der Waals surface area contributed by atoms with E-state index in [-0.39, 0.29) is 11.8 Å². The zero-order chi connectivity index (χ0) is 21.1. The summed E-state index contributed by atoms with van der Waals surface area (Å²) in [5.41, 5.74) is 4.26. The first kappa shape index (κ1) is 23.0. The second-order valence-electron chi connectivity index (χ2n) is 8.18. The highest BCUT2D eigenvalue weighted by atomic mass is 32.2. The van der Waals surface area contributed by atoms with E-state index in [1.54, 1.807) is 12.1 Å². The minimum Gasteiger partial charge on any atom is -0.360 e. The van der Waals surface area contributed by atoms with Crippen molar-refractivity contribution < 1.29 is 8.42 Å². The van der Waals surface area contributed by atoms with Crippen LogP contribution in [0, 0.1) is 6.92 Å². The highest BCUT2D eigenvalue weighted by molar-refractivity contribution is 7.94. The molecule has 3 nitrogen and oxygen atoms in total. The van der Waals surface area contributed by atoms with Gasteiger partial charge in [-0.1, -0.05) is 88.0 Å². The molecular formula is C23H34AlNO2S. The third-order valence-electron chi connectivity index (χ3n) is 5.41. The zero-order valence-electron chi connectivity index (χ0n) is 18.4. The van der Waals surface area contributed by atoms with Crippen molar-refractivity contribution in [2.75, 3.05) is 3.29 Å². The number of benzene rings is 2. The molecule has 0 saturated heterocycles. The maximum absolute atomic E-state index is 13.9. The van der Waals surface area contributed by atoms with Gasteiger partial charge in [-0.3, -0.25) is 0 Å². The number of anilines is 1. The highest BCUT2D eigenvalue weighted by Crippen LogP contribution is 2.39. The van der Waals surface area contributed by atoms with Crippen molar-refractivity contribution in [2.24, 2.45) is 0 Å². The van der Waals surface area contributed by atoms with E-state index in [1.165, 1.54) is 0 Å². The van der Waals surface area contributed by atoms with Gasteiger partial charge in [0.15, 0.2) is 0 Å². The van der Waals surface area contributed by atoms with Crippen molar-refractivity contribution in [1.29, 1.82) is 0 Å². The quantitative estimate of drug-likeness (QED) is 0.463. The molecule has 2 aromatic carbocycles. The minimum atomic E-state index is -3.61. The van der Waals surface area contributed by atoms with Gasteiger partial charge in [0, 0.05) is 5.69 Å². The van der Waals surface area contributed by atoms with Gasteiger partial charge in [0.05, 0.1) is 4.90 Å². The molecule has 0 heterocycles. The molecule has 0 aliphatic rings. The van der Waals surface area contributed by atoms with Gasteiger partial charge in [-0.2, -0.15) is 0 Å². The van der Waals surface area contributed by atoms with Crippen LogP contribution in [0.3, 0.4) is 0 Å². The molecule has 0 radical (unpaired) electrons. The maximum Gasteiger partial charge on any atom is 0.435 e. The molecule has 152 valence electrons. The number of aryl methyl sites for hydroxylation is 1. The van der Waals surface area contributed by atoms with Crippen molar-refractivity contribution in [1.82, 2.24) is 0 Å². The largest absolute Gasteiger partial charge is 0.435 e. The monoisotopic (exact) mass is 415 g/mol. The third-order valence-corrected chi connectivity index (χ3v) is 11.5. The Bertz CT molecular complexity index is 859. The molecular weight excluding hydrogens is 381 g/mol. The van der Waals surface area contributed by atoms with Crippen LogP contribution in [-0.2, 0) is 10.0 Å². The molecule has 0 unspecified atom stereocenters. The lowest BCUT2D eigenvalue weighted by Gasteiger charge is -2.35. The fourth-order valence-electron chi connectivity index (χ4n) is 3.71. The van der Waals surface area contributed by atoms with E-state index in [2.05, 4.69) is 59.7 Å². The summed E-state index contributed by atoms with van der Waals surface area (Å²) in [7, 11) is -3.61. The summed E-state index contributed by atoms with van der Waals surface area (Å²) >= 11 is -1.73. The molecule has 0 N–H and O–H groups in total. The predicted molar refractivity (Wildman–Crippen MR) is 122 cm³/mol. The second-order valence-corrected chi connectivity index (χ2v) is 13.8. The Hall–Kier alpha value is -1.28. The normalized spacial score (nSPS) is 11.9. The molecule has 0 spiro atoms. The molecule has 0 aliphatic carbocycles. The molecule has 0 aliphatic heterocycles. The Kier molecular flexibility index (Phi) is 7.79. The SMILES string of the molecule is C[CH2][Al]([CH2]C)[N](c1c(C(C)C)cccc1C(C)C)S(=O)(=O)c1ccc(C)cc1. The maximum atomic E-state index is 13.9. The number of sulfonamides is 1. The van der Waals surface area contributed by atoms with Crippen molar-refractivity contribution in [3.05, 3.63) is 59.2 Å². The van der Waals surface area contributed by atoms with Crippen molar-refractivity contribution >= 4 is 30.1 Å². The van der Waals surface area contributed by atoms with E-state index in [1.807, 2.05) is 22.3 Å². The van der Waals surface area contributed by atoms with E-state index in [9.17, 15) is 8.42 Å². The van der Waals surface area contributed by atoms with E-state index in [0.29, 0.717) is 4.90 Å². The molecule has 0 saturated carbocycles. The molecule has 5 heteroatoms. The van der Waals surface area contributed by atoms with Crippen molar-refractivity contribution in [3.63, 3.8) is 0 Å². The van der Waals surface area contributed by atoms with Gasteiger partial charge in [-0.25, -0.2) is 8.42 Å². The highest BCUT2D eigenvalue weighted by Gasteiger charge is 2.37. The predicted octanol–water partition coefficient (Wildman–Crippen LogP) is 6.47. The summed E-state index contributed by atoms with van der Waals surface area (Å²) in [4.78, 5) is 0.394. The van der Waals surface area contributed by atoms with Crippen LogP contribution < -0.4 is 3.29 Å². The first-order valence-electron chi connectivity index (χ1n) is 10.4. The van der Waals surface area contributed by atoms with Crippen LogP contribution in [0.15, 0.2) is 47.4 Å². The number of rotatable bonds is 8. The molecule has 0 bridgehead atoms. The standard InChI is InChI=1S/C19H24NO2S.2C2H5.Al/c1-13(2)17-7-6-8-18(14(3)4)19(17)20-23(21,22)16-11-9-15(5)10-12-16;2*1-2;/h6-14H,1-5H3;2*1H2,2H3;/q-1;;;+1. The van der Waals surface area contributed by atoms with Gasteiger partial charge in [0.25, 0.3) is 0 Å². The van der Waals surface area contributed by atoms with Crippen LogP contribution in [0.4, 0.5) is 5.69 Å².